The molecule has 5 N–H and O–H groups in total. The molecule has 3 aromatic rings. The number of rotatable bonds is 11. The van der Waals surface area contributed by atoms with Gasteiger partial charge >= 0.3 is 6.03 Å². The van der Waals surface area contributed by atoms with Crippen LogP contribution in [-0.4, -0.2) is 51.3 Å². The fourth-order valence-electron chi connectivity index (χ4n) is 3.37. The number of nitrogens with zero attached hydrogens (tertiary/aromatic N) is 3. The van der Waals surface area contributed by atoms with Crippen molar-refractivity contribution >= 4 is 28.4 Å². The number of aliphatic hydroxyl groups is 1. The van der Waals surface area contributed by atoms with Gasteiger partial charge in [0.15, 0.2) is 5.13 Å². The predicted octanol–water partition coefficient (Wildman–Crippen LogP) is 3.98. The maximum absolute atomic E-state index is 14.1. The summed E-state index contributed by atoms with van der Waals surface area (Å²) in [6, 6.07) is 6.49. The first-order chi connectivity index (χ1) is 16.9. The molecule has 1 saturated carbocycles. The zero-order valence-corrected chi connectivity index (χ0v) is 20.6. The first kappa shape index (κ1) is 24.8. The number of carbonyl (C=O) groups is 1. The van der Waals surface area contributed by atoms with Gasteiger partial charge in [0.1, 0.15) is 5.82 Å². The van der Waals surface area contributed by atoms with Gasteiger partial charge < -0.3 is 26.4 Å². The van der Waals surface area contributed by atoms with Crippen molar-refractivity contribution < 1.29 is 14.3 Å². The largest absolute Gasteiger partial charge is 0.396 e. The van der Waals surface area contributed by atoms with E-state index in [-0.39, 0.29) is 31.3 Å². The molecule has 0 bridgehead atoms. The van der Waals surface area contributed by atoms with Gasteiger partial charge in [-0.15, -0.1) is 0 Å². The summed E-state index contributed by atoms with van der Waals surface area (Å²) in [6.07, 6.45) is 4.28. The fourth-order valence-corrected chi connectivity index (χ4v) is 4.30. The summed E-state index contributed by atoms with van der Waals surface area (Å²) >= 11 is 1.48. The van der Waals surface area contributed by atoms with Crippen LogP contribution in [0.1, 0.15) is 38.7 Å². The molecule has 4 rings (SSSR count). The van der Waals surface area contributed by atoms with Gasteiger partial charge in [-0.3, -0.25) is 0 Å². The number of thiazole rings is 1. The minimum absolute atomic E-state index is 0.0509. The average Bonchev–Trinajstić information content (AvgIpc) is 3.51. The van der Waals surface area contributed by atoms with E-state index >= 15 is 0 Å². The molecule has 186 valence electrons. The highest BCUT2D eigenvalue weighted by atomic mass is 32.1. The number of carbonyl (C=O) groups excluding carboxylic acids is 1. The molecule has 0 radical (unpaired) electrons. The Morgan fingerprint density at radius 3 is 2.77 bits per heavy atom. The zero-order valence-electron chi connectivity index (χ0n) is 19.8. The van der Waals surface area contributed by atoms with Crippen LogP contribution in [0.2, 0.25) is 0 Å². The lowest BCUT2D eigenvalue weighted by atomic mass is 10.0. The molecule has 1 aromatic carbocycles. The summed E-state index contributed by atoms with van der Waals surface area (Å²) < 4.78 is 14.1. The number of aromatic nitrogens is 3. The normalized spacial score (nSPS) is 13.1. The van der Waals surface area contributed by atoms with Crippen molar-refractivity contribution in [2.45, 2.75) is 51.7 Å². The molecule has 1 aliphatic carbocycles. The summed E-state index contributed by atoms with van der Waals surface area (Å²) in [5.74, 6) is 0.00279. The van der Waals surface area contributed by atoms with Crippen LogP contribution in [-0.2, 0) is 6.54 Å². The van der Waals surface area contributed by atoms with Crippen molar-refractivity contribution in [3.8, 4) is 21.8 Å². The minimum atomic E-state index is -0.393. The molecular formula is C24H30FN7O2S. The summed E-state index contributed by atoms with van der Waals surface area (Å²) in [4.78, 5) is 26.7. The Morgan fingerprint density at radius 1 is 1.23 bits per heavy atom. The Hall–Kier alpha value is -3.31. The second-order valence-corrected chi connectivity index (χ2v) is 9.73. The van der Waals surface area contributed by atoms with Gasteiger partial charge in [0.25, 0.3) is 0 Å². The highest BCUT2D eigenvalue weighted by Gasteiger charge is 2.23. The minimum Gasteiger partial charge on any atom is -0.396 e. The lowest BCUT2D eigenvalue weighted by Crippen LogP contribution is -2.36. The van der Waals surface area contributed by atoms with Crippen molar-refractivity contribution in [1.82, 2.24) is 25.6 Å². The Bertz CT molecular complexity index is 1170. The molecular weight excluding hydrogens is 469 g/mol. The summed E-state index contributed by atoms with van der Waals surface area (Å²) in [5.41, 5.74) is 2.56. The van der Waals surface area contributed by atoms with Crippen molar-refractivity contribution in [3.63, 3.8) is 0 Å². The van der Waals surface area contributed by atoms with E-state index < -0.39 is 5.82 Å². The SMILES string of the molecule is CC(C)Nc1ncc(-c2cc(-c3ccc(F)cc3CNC(=O)NC3CC3)nc(NCCCO)n2)s1. The van der Waals surface area contributed by atoms with E-state index in [0.29, 0.717) is 41.4 Å². The molecule has 0 atom stereocenters. The number of anilines is 2. The smallest absolute Gasteiger partial charge is 0.315 e. The molecule has 35 heavy (non-hydrogen) atoms. The molecule has 0 saturated heterocycles. The van der Waals surface area contributed by atoms with Crippen LogP contribution >= 0.6 is 11.3 Å². The van der Waals surface area contributed by atoms with Gasteiger partial charge in [0, 0.05) is 43.5 Å². The second-order valence-electron chi connectivity index (χ2n) is 8.70. The third kappa shape index (κ3) is 7.09. The number of amides is 2. The number of aliphatic hydroxyl groups excluding tert-OH is 1. The van der Waals surface area contributed by atoms with Gasteiger partial charge in [-0.2, -0.15) is 0 Å². The quantitative estimate of drug-likeness (QED) is 0.253. The van der Waals surface area contributed by atoms with Crippen molar-refractivity contribution in [1.29, 1.82) is 0 Å². The summed E-state index contributed by atoms with van der Waals surface area (Å²) in [5, 5.41) is 22.1. The highest BCUT2D eigenvalue weighted by molar-refractivity contribution is 7.18. The predicted molar refractivity (Wildman–Crippen MR) is 136 cm³/mol. The molecule has 1 aliphatic rings. The van der Waals surface area contributed by atoms with Gasteiger partial charge in [-0.1, -0.05) is 11.3 Å². The molecule has 2 aromatic heterocycles. The molecule has 1 fully saturated rings. The van der Waals surface area contributed by atoms with Crippen LogP contribution in [0.15, 0.2) is 30.5 Å². The van der Waals surface area contributed by atoms with Gasteiger partial charge in [0.05, 0.1) is 16.3 Å². The molecule has 0 spiro atoms. The maximum atomic E-state index is 14.1. The number of urea groups is 1. The third-order valence-electron chi connectivity index (χ3n) is 5.21. The van der Waals surface area contributed by atoms with Crippen molar-refractivity contribution in [2.75, 3.05) is 23.8 Å². The summed E-state index contributed by atoms with van der Waals surface area (Å²) in [7, 11) is 0. The van der Waals surface area contributed by atoms with Crippen LogP contribution in [0.25, 0.3) is 21.8 Å². The van der Waals surface area contributed by atoms with Gasteiger partial charge in [0.2, 0.25) is 5.95 Å². The average molecular weight is 500 g/mol. The van der Waals surface area contributed by atoms with E-state index in [4.69, 9.17) is 5.11 Å². The standard InChI is InChI=1S/C24H30FN7O2S/c1-14(2)29-24-28-13-21(35-24)20-11-19(31-22(32-20)26-8-3-9-33)18-7-4-16(25)10-15(18)12-27-23(34)30-17-5-6-17/h4,7,10-11,13-14,17,33H,3,5-6,8-9,12H2,1-2H3,(H,28,29)(H,26,31,32)(H2,27,30,34). The Morgan fingerprint density at radius 2 is 2.03 bits per heavy atom. The van der Waals surface area contributed by atoms with Crippen LogP contribution in [0.5, 0.6) is 0 Å². The molecule has 2 amide bonds. The molecule has 0 unspecified atom stereocenters. The first-order valence-electron chi connectivity index (χ1n) is 11.7. The summed E-state index contributed by atoms with van der Waals surface area (Å²) in [6.45, 7) is 4.79. The number of nitrogens with one attached hydrogen (secondary N) is 4. The zero-order chi connectivity index (χ0) is 24.8. The Labute approximate surface area is 207 Å². The monoisotopic (exact) mass is 499 g/mol. The van der Waals surface area contributed by atoms with Crippen molar-refractivity contribution in [2.24, 2.45) is 0 Å². The van der Waals surface area contributed by atoms with Gasteiger partial charge in [-0.25, -0.2) is 24.1 Å². The molecule has 11 heteroatoms. The Kier molecular flexibility index (Phi) is 8.09. The van der Waals surface area contributed by atoms with E-state index in [9.17, 15) is 9.18 Å². The number of halogens is 1. The van der Waals surface area contributed by atoms with Crippen LogP contribution in [0.3, 0.4) is 0 Å². The van der Waals surface area contributed by atoms with Gasteiger partial charge in [-0.05, 0) is 62.9 Å². The second kappa shape index (κ2) is 11.4. The van der Waals surface area contributed by atoms with E-state index in [1.807, 2.05) is 19.9 Å². The number of benzene rings is 1. The van der Waals surface area contributed by atoms with Crippen molar-refractivity contribution in [3.05, 3.63) is 41.8 Å². The lowest BCUT2D eigenvalue weighted by molar-refractivity contribution is 0.240. The first-order valence-corrected chi connectivity index (χ1v) is 12.5. The highest BCUT2D eigenvalue weighted by Crippen LogP contribution is 2.32. The van der Waals surface area contributed by atoms with E-state index in [1.165, 1.54) is 23.5 Å². The lowest BCUT2D eigenvalue weighted by Gasteiger charge is -2.14. The fraction of sp³-hybridized carbons (Fsp3) is 0.417. The van der Waals surface area contributed by atoms with Crippen LogP contribution in [0.4, 0.5) is 20.3 Å². The Balaban J connectivity index is 1.65. The third-order valence-corrected chi connectivity index (χ3v) is 6.16. The topological polar surface area (TPSA) is 124 Å². The van der Waals surface area contributed by atoms with Crippen LogP contribution < -0.4 is 21.3 Å². The molecule has 9 nitrogen and oxygen atoms in total. The van der Waals surface area contributed by atoms with E-state index in [1.54, 1.807) is 12.3 Å². The maximum Gasteiger partial charge on any atom is 0.315 e. The molecule has 2 heterocycles. The number of hydrogen-bond acceptors (Lipinski definition) is 8. The van der Waals surface area contributed by atoms with Crippen LogP contribution in [0, 0.1) is 5.82 Å². The number of hydrogen-bond donors (Lipinski definition) is 5. The van der Waals surface area contributed by atoms with E-state index in [0.717, 1.165) is 22.9 Å². The van der Waals surface area contributed by atoms with E-state index in [2.05, 4.69) is 36.2 Å². The molecule has 0 aliphatic heterocycles.